The average Bonchev–Trinajstić information content (AvgIpc) is 3.49. The van der Waals surface area contributed by atoms with Gasteiger partial charge in [0.15, 0.2) is 11.5 Å². The highest BCUT2D eigenvalue weighted by atomic mass is 16.5. The van der Waals surface area contributed by atoms with Crippen LogP contribution in [0.15, 0.2) is 71.6 Å². The fourth-order valence-corrected chi connectivity index (χ4v) is 7.72. The van der Waals surface area contributed by atoms with Crippen molar-refractivity contribution in [2.75, 3.05) is 27.2 Å². The third-order valence-corrected chi connectivity index (χ3v) is 9.80. The van der Waals surface area contributed by atoms with Crippen molar-refractivity contribution in [3.05, 3.63) is 89.4 Å². The molecule has 2 aliphatic carbocycles. The van der Waals surface area contributed by atoms with E-state index < -0.39 is 11.0 Å². The maximum absolute atomic E-state index is 13.2. The van der Waals surface area contributed by atoms with Gasteiger partial charge < -0.3 is 24.3 Å². The first kappa shape index (κ1) is 26.7. The first-order valence-electron chi connectivity index (χ1n) is 14.2. The molecule has 2 aromatic carbocycles. The van der Waals surface area contributed by atoms with Gasteiger partial charge in [0, 0.05) is 48.3 Å². The van der Waals surface area contributed by atoms with Crippen LogP contribution in [0.2, 0.25) is 0 Å². The van der Waals surface area contributed by atoms with E-state index in [0.717, 1.165) is 42.6 Å². The largest absolute Gasteiger partial charge is 0.504 e. The third-order valence-electron chi connectivity index (χ3n) is 9.80. The number of phenolic OH excluding ortho intramolecular Hbond substituents is 1. The molecular weight excluding hydrogens is 504 g/mol. The van der Waals surface area contributed by atoms with Crippen LogP contribution in [0, 0.1) is 0 Å². The molecule has 0 unspecified atom stereocenters. The molecule has 7 heteroatoms. The van der Waals surface area contributed by atoms with Gasteiger partial charge in [-0.3, -0.25) is 9.69 Å². The van der Waals surface area contributed by atoms with Gasteiger partial charge in [-0.15, -0.1) is 0 Å². The van der Waals surface area contributed by atoms with Gasteiger partial charge in [-0.25, -0.2) is 0 Å². The highest BCUT2D eigenvalue weighted by Gasteiger charge is 2.66. The van der Waals surface area contributed by atoms with Crippen LogP contribution in [0.5, 0.6) is 11.5 Å². The zero-order valence-electron chi connectivity index (χ0n) is 23.3. The number of carbonyl (C=O) groups is 1. The lowest BCUT2D eigenvalue weighted by Gasteiger charge is -2.65. The molecule has 6 rings (SSSR count). The Morgan fingerprint density at radius 2 is 2.02 bits per heavy atom. The maximum Gasteiger partial charge on any atom is 0.246 e. The van der Waals surface area contributed by atoms with Crippen molar-refractivity contribution in [1.29, 1.82) is 0 Å². The predicted molar refractivity (Wildman–Crippen MR) is 153 cm³/mol. The number of carbonyl (C=O) groups excluding carboxylic acids is 1. The minimum absolute atomic E-state index is 0.0466. The summed E-state index contributed by atoms with van der Waals surface area (Å²) < 4.78 is 10.9. The summed E-state index contributed by atoms with van der Waals surface area (Å²) in [5.41, 5.74) is 2.54. The summed E-state index contributed by atoms with van der Waals surface area (Å²) in [4.78, 5) is 17.5. The molecule has 2 N–H and O–H groups in total. The number of piperidine rings is 1. The van der Waals surface area contributed by atoms with Gasteiger partial charge in [-0.05, 0) is 74.4 Å². The number of likely N-dealkylation sites (N-methyl/N-ethyl adjacent to an activating group) is 1. The normalized spacial score (nSPS) is 27.7. The number of hydrogen-bond donors (Lipinski definition) is 2. The number of nitrogens with zero attached hydrogens (tertiary/aromatic N) is 2. The van der Waals surface area contributed by atoms with Gasteiger partial charge in [0.05, 0.1) is 25.2 Å². The third kappa shape index (κ3) is 4.32. The fourth-order valence-electron chi connectivity index (χ4n) is 7.72. The lowest BCUT2D eigenvalue weighted by Crippen LogP contribution is -2.74. The lowest BCUT2D eigenvalue weighted by molar-refractivity contribution is -0.177. The second kappa shape index (κ2) is 10.5. The molecule has 2 heterocycles. The molecule has 4 atom stereocenters. The van der Waals surface area contributed by atoms with Crippen LogP contribution in [0.4, 0.5) is 0 Å². The Morgan fingerprint density at radius 3 is 2.77 bits per heavy atom. The summed E-state index contributed by atoms with van der Waals surface area (Å²) in [5, 5.41) is 23.6. The molecule has 1 amide bonds. The molecule has 0 radical (unpaired) electrons. The van der Waals surface area contributed by atoms with Crippen LogP contribution < -0.4 is 4.74 Å². The fraction of sp³-hybridized carbons (Fsp3) is 0.424. The number of likely N-dealkylation sites (tertiary alicyclic amines) is 1. The van der Waals surface area contributed by atoms with Crippen molar-refractivity contribution in [2.24, 2.45) is 0 Å². The number of rotatable bonds is 7. The summed E-state index contributed by atoms with van der Waals surface area (Å²) in [6, 6.07) is 15.9. The predicted octanol–water partition coefficient (Wildman–Crippen LogP) is 4.56. The molecule has 1 saturated heterocycles. The molecule has 40 heavy (non-hydrogen) atoms. The Balaban J connectivity index is 1.34. The van der Waals surface area contributed by atoms with E-state index in [4.69, 9.17) is 9.15 Å². The van der Waals surface area contributed by atoms with Gasteiger partial charge in [0.1, 0.15) is 0 Å². The van der Waals surface area contributed by atoms with E-state index in [-0.39, 0.29) is 23.7 Å². The molecule has 1 aromatic heterocycles. The van der Waals surface area contributed by atoms with Crippen molar-refractivity contribution < 1.29 is 24.2 Å². The molecule has 3 aliphatic rings. The molecule has 2 bridgehead atoms. The standard InChI is InChI=1S/C33H38N2O5/c1-34(29(37)11-8-24-14-19-40-22-24)26-12-15-33(38)28-20-25-9-10-27(36)31(39-2)30(25)32(33,21-26)16-18-35(28)17-13-23-6-4-3-5-7-23/h3-11,14,19,22,26,28,36,38H,12-13,15-18,20-21H2,1-2H3/b11-8+/t26-,28-,32-,33-/m1/s1. The smallest absolute Gasteiger partial charge is 0.246 e. The molecular formula is C33H38N2O5. The van der Waals surface area contributed by atoms with E-state index in [1.807, 2.05) is 30.1 Å². The van der Waals surface area contributed by atoms with Gasteiger partial charge in [-0.2, -0.15) is 0 Å². The van der Waals surface area contributed by atoms with E-state index in [1.54, 1.807) is 37.9 Å². The molecule has 0 spiro atoms. The van der Waals surface area contributed by atoms with Crippen molar-refractivity contribution in [3.8, 4) is 11.5 Å². The number of fused-ring (bicyclic) bond motifs is 1. The Hall–Kier alpha value is -3.55. The summed E-state index contributed by atoms with van der Waals surface area (Å²) >= 11 is 0. The number of aliphatic hydroxyl groups is 1. The summed E-state index contributed by atoms with van der Waals surface area (Å²) in [6.45, 7) is 1.71. The van der Waals surface area contributed by atoms with Gasteiger partial charge >= 0.3 is 0 Å². The lowest BCUT2D eigenvalue weighted by atomic mass is 9.48. The second-order valence-electron chi connectivity index (χ2n) is 11.6. The molecule has 1 aliphatic heterocycles. The van der Waals surface area contributed by atoms with Crippen molar-refractivity contribution in [3.63, 3.8) is 0 Å². The molecule has 2 fully saturated rings. The quantitative estimate of drug-likeness (QED) is 0.426. The Kier molecular flexibility index (Phi) is 6.97. The van der Waals surface area contributed by atoms with Crippen molar-refractivity contribution in [1.82, 2.24) is 9.80 Å². The first-order valence-corrected chi connectivity index (χ1v) is 14.2. The van der Waals surface area contributed by atoms with Crippen LogP contribution in [-0.4, -0.2) is 70.9 Å². The molecule has 3 aromatic rings. The van der Waals surface area contributed by atoms with Crippen LogP contribution in [0.3, 0.4) is 0 Å². The van der Waals surface area contributed by atoms with Gasteiger partial charge in [-0.1, -0.05) is 36.4 Å². The minimum Gasteiger partial charge on any atom is -0.504 e. The van der Waals surface area contributed by atoms with Crippen molar-refractivity contribution in [2.45, 2.75) is 61.6 Å². The van der Waals surface area contributed by atoms with Crippen LogP contribution >= 0.6 is 0 Å². The zero-order chi connectivity index (χ0) is 27.9. The van der Waals surface area contributed by atoms with E-state index in [1.165, 1.54) is 5.56 Å². The van der Waals surface area contributed by atoms with Crippen molar-refractivity contribution >= 4 is 12.0 Å². The van der Waals surface area contributed by atoms with Gasteiger partial charge in [0.2, 0.25) is 5.91 Å². The first-order chi connectivity index (χ1) is 19.4. The summed E-state index contributed by atoms with van der Waals surface area (Å²) in [5.74, 6) is 0.475. The minimum atomic E-state index is -0.997. The number of ether oxygens (including phenoxy) is 1. The highest BCUT2D eigenvalue weighted by molar-refractivity contribution is 5.91. The topological polar surface area (TPSA) is 86.4 Å². The molecule has 210 valence electrons. The second-order valence-corrected chi connectivity index (χ2v) is 11.6. The van der Waals surface area contributed by atoms with Gasteiger partial charge in [0.25, 0.3) is 0 Å². The number of furan rings is 1. The van der Waals surface area contributed by atoms with Crippen LogP contribution in [-0.2, 0) is 23.1 Å². The number of amides is 1. The van der Waals surface area contributed by atoms with E-state index in [9.17, 15) is 15.0 Å². The van der Waals surface area contributed by atoms with E-state index >= 15 is 0 Å². The van der Waals surface area contributed by atoms with Crippen LogP contribution in [0.25, 0.3) is 6.08 Å². The van der Waals surface area contributed by atoms with E-state index in [2.05, 4.69) is 29.2 Å². The molecule has 1 saturated carbocycles. The summed E-state index contributed by atoms with van der Waals surface area (Å²) in [6.07, 6.45) is 10.8. The number of aromatic hydroxyl groups is 1. The monoisotopic (exact) mass is 542 g/mol. The average molecular weight is 543 g/mol. The molecule has 7 nitrogen and oxygen atoms in total. The Bertz CT molecular complexity index is 1390. The Morgan fingerprint density at radius 1 is 1.20 bits per heavy atom. The number of methoxy groups -OCH3 is 1. The van der Waals surface area contributed by atoms with E-state index in [0.29, 0.717) is 31.4 Å². The number of benzene rings is 2. The number of phenols is 1. The number of hydrogen-bond acceptors (Lipinski definition) is 6. The van der Waals surface area contributed by atoms with Crippen LogP contribution in [0.1, 0.15) is 47.9 Å². The zero-order valence-corrected chi connectivity index (χ0v) is 23.3. The SMILES string of the molecule is COc1c(O)ccc2c1[C@]13CCN(CCc4ccccc4)[C@H](C2)[C@]1(O)CC[C@@H](N(C)C(=O)/C=C/c1ccoc1)C3. The Labute approximate surface area is 235 Å². The highest BCUT2D eigenvalue weighted by Crippen LogP contribution is 2.61. The maximum atomic E-state index is 13.2. The summed E-state index contributed by atoms with van der Waals surface area (Å²) in [7, 11) is 3.44.